The van der Waals surface area contributed by atoms with Crippen molar-refractivity contribution in [3.8, 4) is 11.5 Å². The summed E-state index contributed by atoms with van der Waals surface area (Å²) in [6.07, 6.45) is 0.813. The first-order chi connectivity index (χ1) is 14.9. The molecule has 9 heteroatoms. The van der Waals surface area contributed by atoms with Crippen molar-refractivity contribution in [2.45, 2.75) is 26.7 Å². The molecule has 4 N–H and O–H groups in total. The van der Waals surface area contributed by atoms with Gasteiger partial charge in [-0.3, -0.25) is 14.4 Å². The molecule has 0 radical (unpaired) electrons. The summed E-state index contributed by atoms with van der Waals surface area (Å²) in [5.41, 5.74) is 5.89. The second-order valence-electron chi connectivity index (χ2n) is 6.54. The van der Waals surface area contributed by atoms with Crippen LogP contribution in [0.3, 0.4) is 0 Å². The van der Waals surface area contributed by atoms with Crippen LogP contribution in [0.2, 0.25) is 5.02 Å². The highest BCUT2D eigenvalue weighted by atomic mass is 35.5. The molecule has 0 atom stereocenters. The van der Waals surface area contributed by atoms with Crippen LogP contribution in [-0.2, 0) is 4.79 Å². The molecule has 8 nitrogen and oxygen atoms in total. The van der Waals surface area contributed by atoms with E-state index in [1.54, 1.807) is 30.3 Å². The lowest BCUT2D eigenvalue weighted by Crippen LogP contribution is -2.28. The summed E-state index contributed by atoms with van der Waals surface area (Å²) in [5, 5.41) is 5.57. The molecule has 0 aliphatic heterocycles. The number of benzene rings is 2. The Hall–Kier alpha value is -3.26. The van der Waals surface area contributed by atoms with Crippen LogP contribution in [0.1, 0.15) is 47.4 Å². The van der Waals surface area contributed by atoms with Crippen molar-refractivity contribution in [3.05, 3.63) is 52.5 Å². The smallest absolute Gasteiger partial charge is 0.255 e. The number of nitrogens with one attached hydrogen (secondary N) is 2. The van der Waals surface area contributed by atoms with Crippen molar-refractivity contribution in [2.24, 2.45) is 5.73 Å². The zero-order chi connectivity index (χ0) is 22.8. The molecule has 0 aromatic heterocycles. The van der Waals surface area contributed by atoms with Crippen LogP contribution in [0, 0.1) is 0 Å². The van der Waals surface area contributed by atoms with Crippen molar-refractivity contribution >= 4 is 35.0 Å². The number of nitrogens with two attached hydrogens (primary N) is 1. The van der Waals surface area contributed by atoms with Gasteiger partial charge in [-0.05, 0) is 37.6 Å². The number of ether oxygens (including phenoxy) is 2. The summed E-state index contributed by atoms with van der Waals surface area (Å²) in [5.74, 6) is -0.673. The number of hydrogen-bond acceptors (Lipinski definition) is 5. The van der Waals surface area contributed by atoms with E-state index < -0.39 is 17.7 Å². The summed E-state index contributed by atoms with van der Waals surface area (Å²) >= 11 is 6.33. The molecule has 0 aliphatic carbocycles. The van der Waals surface area contributed by atoms with Crippen LogP contribution in [0.25, 0.3) is 0 Å². The fourth-order valence-corrected chi connectivity index (χ4v) is 2.95. The highest BCUT2D eigenvalue weighted by molar-refractivity contribution is 6.32. The van der Waals surface area contributed by atoms with E-state index >= 15 is 0 Å². The van der Waals surface area contributed by atoms with Gasteiger partial charge in [0.2, 0.25) is 5.91 Å². The average Bonchev–Trinajstić information content (AvgIpc) is 2.73. The molecule has 3 amide bonds. The first-order valence-electron chi connectivity index (χ1n) is 9.93. The van der Waals surface area contributed by atoms with Gasteiger partial charge >= 0.3 is 0 Å². The van der Waals surface area contributed by atoms with Crippen LogP contribution in [0.5, 0.6) is 11.5 Å². The predicted octanol–water partition coefficient (Wildman–Crippen LogP) is 3.39. The van der Waals surface area contributed by atoms with E-state index in [4.69, 9.17) is 26.8 Å². The fourth-order valence-electron chi connectivity index (χ4n) is 2.69. The molecule has 0 saturated heterocycles. The Bertz CT molecular complexity index is 949. The van der Waals surface area contributed by atoms with Gasteiger partial charge in [-0.1, -0.05) is 30.7 Å². The minimum absolute atomic E-state index is 0.0193. The first kappa shape index (κ1) is 24.0. The third-order valence-corrected chi connectivity index (χ3v) is 4.38. The van der Waals surface area contributed by atoms with E-state index in [-0.39, 0.29) is 29.1 Å². The molecule has 2 aromatic rings. The van der Waals surface area contributed by atoms with Gasteiger partial charge in [-0.15, -0.1) is 0 Å². The Kier molecular flexibility index (Phi) is 9.14. The lowest BCUT2D eigenvalue weighted by molar-refractivity contribution is -0.117. The molecular formula is C22H26ClN3O5. The fraction of sp³-hybridized carbons (Fsp3) is 0.318. The Morgan fingerprint density at radius 2 is 1.81 bits per heavy atom. The maximum Gasteiger partial charge on any atom is 0.255 e. The predicted molar refractivity (Wildman–Crippen MR) is 119 cm³/mol. The largest absolute Gasteiger partial charge is 0.490 e. The molecule has 0 aliphatic rings. The summed E-state index contributed by atoms with van der Waals surface area (Å²) in [6, 6.07) is 9.56. The Morgan fingerprint density at radius 3 is 2.48 bits per heavy atom. The molecule has 2 rings (SSSR count). The van der Waals surface area contributed by atoms with Crippen molar-refractivity contribution in [2.75, 3.05) is 25.1 Å². The molecule has 0 saturated carbocycles. The molecule has 31 heavy (non-hydrogen) atoms. The number of anilines is 1. The molecule has 0 heterocycles. The van der Waals surface area contributed by atoms with Crippen molar-refractivity contribution in [3.63, 3.8) is 0 Å². The van der Waals surface area contributed by atoms with Gasteiger partial charge in [0.1, 0.15) is 0 Å². The maximum atomic E-state index is 12.9. The zero-order valence-electron chi connectivity index (χ0n) is 17.5. The minimum Gasteiger partial charge on any atom is -0.490 e. The molecule has 0 bridgehead atoms. The van der Waals surface area contributed by atoms with E-state index in [1.807, 2.05) is 13.8 Å². The van der Waals surface area contributed by atoms with E-state index in [0.717, 1.165) is 6.42 Å². The highest BCUT2D eigenvalue weighted by Crippen LogP contribution is 2.37. The maximum absolute atomic E-state index is 12.9. The van der Waals surface area contributed by atoms with Crippen LogP contribution < -0.4 is 25.8 Å². The van der Waals surface area contributed by atoms with E-state index in [2.05, 4.69) is 10.6 Å². The third kappa shape index (κ3) is 6.89. The first-order valence-corrected chi connectivity index (χ1v) is 10.3. The third-order valence-electron chi connectivity index (χ3n) is 4.10. The Labute approximate surface area is 186 Å². The lowest BCUT2D eigenvalue weighted by Gasteiger charge is -2.15. The Morgan fingerprint density at radius 1 is 1.06 bits per heavy atom. The molecule has 2 aromatic carbocycles. The van der Waals surface area contributed by atoms with Gasteiger partial charge < -0.3 is 25.8 Å². The number of para-hydroxylation sites is 1. The van der Waals surface area contributed by atoms with E-state index in [1.165, 1.54) is 6.07 Å². The van der Waals surface area contributed by atoms with Crippen molar-refractivity contribution in [1.82, 2.24) is 5.32 Å². The van der Waals surface area contributed by atoms with Crippen LogP contribution in [-0.4, -0.2) is 37.5 Å². The van der Waals surface area contributed by atoms with Gasteiger partial charge in [-0.25, -0.2) is 0 Å². The van der Waals surface area contributed by atoms with Crippen molar-refractivity contribution in [1.29, 1.82) is 0 Å². The number of rotatable bonds is 11. The van der Waals surface area contributed by atoms with Gasteiger partial charge in [-0.2, -0.15) is 0 Å². The van der Waals surface area contributed by atoms with Crippen LogP contribution >= 0.6 is 11.6 Å². The number of carbonyl (C=O) groups excluding carboxylic acids is 3. The molecule has 0 fully saturated rings. The average molecular weight is 448 g/mol. The normalized spacial score (nSPS) is 10.3. The van der Waals surface area contributed by atoms with Crippen molar-refractivity contribution < 1.29 is 23.9 Å². The summed E-state index contributed by atoms with van der Waals surface area (Å²) < 4.78 is 11.2. The molecular weight excluding hydrogens is 422 g/mol. The zero-order valence-corrected chi connectivity index (χ0v) is 18.3. The summed E-state index contributed by atoms with van der Waals surface area (Å²) in [6.45, 7) is 4.72. The van der Waals surface area contributed by atoms with Crippen LogP contribution in [0.15, 0.2) is 36.4 Å². The van der Waals surface area contributed by atoms with Crippen LogP contribution in [0.4, 0.5) is 5.69 Å². The lowest BCUT2D eigenvalue weighted by atomic mass is 10.1. The topological polar surface area (TPSA) is 120 Å². The van der Waals surface area contributed by atoms with Gasteiger partial charge in [0.05, 0.1) is 29.5 Å². The molecule has 0 spiro atoms. The van der Waals surface area contributed by atoms with Gasteiger partial charge in [0.25, 0.3) is 11.8 Å². The number of amides is 3. The SMILES string of the molecule is CCCOc1c(Cl)cc(C(=O)Nc2ccccc2C(=O)NCCC(N)=O)cc1OCC. The standard InChI is InChI=1S/C22H26ClN3O5/c1-3-11-31-20-16(23)12-14(13-18(20)30-4-2)21(28)26-17-8-6-5-7-15(17)22(29)25-10-9-19(24)27/h5-8,12-13H,3-4,9-11H2,1-2H3,(H2,24,27)(H,25,29)(H,26,28). The number of primary amides is 1. The van der Waals surface area contributed by atoms with E-state index in [0.29, 0.717) is 30.4 Å². The number of carbonyl (C=O) groups is 3. The number of halogens is 1. The second-order valence-corrected chi connectivity index (χ2v) is 6.95. The molecule has 0 unspecified atom stereocenters. The summed E-state index contributed by atoms with van der Waals surface area (Å²) in [4.78, 5) is 36.2. The van der Waals surface area contributed by atoms with Gasteiger partial charge in [0.15, 0.2) is 11.5 Å². The van der Waals surface area contributed by atoms with Gasteiger partial charge in [0, 0.05) is 18.5 Å². The quantitative estimate of drug-likeness (QED) is 0.487. The summed E-state index contributed by atoms with van der Waals surface area (Å²) in [7, 11) is 0. The number of hydrogen-bond donors (Lipinski definition) is 3. The Balaban J connectivity index is 2.23. The highest BCUT2D eigenvalue weighted by Gasteiger charge is 2.18. The minimum atomic E-state index is -0.518. The monoisotopic (exact) mass is 447 g/mol. The second kappa shape index (κ2) is 11.8. The van der Waals surface area contributed by atoms with E-state index in [9.17, 15) is 14.4 Å². The molecule has 166 valence electrons.